The van der Waals surface area contributed by atoms with Gasteiger partial charge in [0.25, 0.3) is 5.91 Å². The summed E-state index contributed by atoms with van der Waals surface area (Å²) in [5, 5.41) is 6.41. The van der Waals surface area contributed by atoms with Crippen molar-refractivity contribution in [3.05, 3.63) is 23.8 Å². The van der Waals surface area contributed by atoms with E-state index in [4.69, 9.17) is 0 Å². The number of carbonyl (C=O) groups excluding carboxylic acids is 1. The van der Waals surface area contributed by atoms with Crippen LogP contribution in [-0.2, 0) is 0 Å². The van der Waals surface area contributed by atoms with Gasteiger partial charge in [-0.2, -0.15) is 0 Å². The van der Waals surface area contributed by atoms with Crippen molar-refractivity contribution in [3.8, 4) is 0 Å². The second-order valence-electron chi connectivity index (χ2n) is 5.52. The molecule has 5 nitrogen and oxygen atoms in total. The van der Waals surface area contributed by atoms with E-state index in [2.05, 4.69) is 34.4 Å². The minimum absolute atomic E-state index is 0.0615. The van der Waals surface area contributed by atoms with E-state index in [1.54, 1.807) is 6.20 Å². The molecule has 2 N–H and O–H groups in total. The molecule has 1 aliphatic heterocycles. The Morgan fingerprint density at radius 3 is 2.83 bits per heavy atom. The van der Waals surface area contributed by atoms with Crippen LogP contribution in [0.1, 0.15) is 36.5 Å². The van der Waals surface area contributed by atoms with Crippen molar-refractivity contribution in [1.29, 1.82) is 0 Å². The van der Waals surface area contributed by atoms with Gasteiger partial charge in [-0.05, 0) is 25.3 Å². The second kappa shape index (κ2) is 5.02. The van der Waals surface area contributed by atoms with E-state index in [-0.39, 0.29) is 17.4 Å². The molecule has 98 valence electrons. The van der Waals surface area contributed by atoms with E-state index in [0.717, 1.165) is 25.2 Å². The number of hydrogen-bond donors (Lipinski definition) is 2. The highest BCUT2D eigenvalue weighted by molar-refractivity contribution is 5.92. The Morgan fingerprint density at radius 2 is 2.22 bits per heavy atom. The molecule has 0 spiro atoms. The van der Waals surface area contributed by atoms with E-state index in [1.807, 2.05) is 6.92 Å². The van der Waals surface area contributed by atoms with E-state index in [1.165, 1.54) is 6.20 Å². The second-order valence-corrected chi connectivity index (χ2v) is 5.52. The minimum Gasteiger partial charge on any atom is -0.347 e. The number of aromatic nitrogens is 2. The van der Waals surface area contributed by atoms with Gasteiger partial charge in [0.2, 0.25) is 0 Å². The van der Waals surface area contributed by atoms with Crippen LogP contribution in [0.15, 0.2) is 12.4 Å². The first-order chi connectivity index (χ1) is 8.49. The van der Waals surface area contributed by atoms with Crippen LogP contribution in [0, 0.1) is 12.3 Å². The number of piperidine rings is 1. The SMILES string of the molecule is Cc1cnc(C(=O)NC2CCNCC2(C)C)cn1. The number of aryl methyl sites for hydroxylation is 1. The van der Waals surface area contributed by atoms with Crippen LogP contribution in [0.4, 0.5) is 0 Å². The Kier molecular flexibility index (Phi) is 3.61. The summed E-state index contributed by atoms with van der Waals surface area (Å²) < 4.78 is 0. The van der Waals surface area contributed by atoms with E-state index < -0.39 is 0 Å². The lowest BCUT2D eigenvalue weighted by Crippen LogP contribution is -2.54. The average molecular weight is 248 g/mol. The molecule has 0 radical (unpaired) electrons. The molecule has 2 rings (SSSR count). The van der Waals surface area contributed by atoms with Gasteiger partial charge in [-0.25, -0.2) is 4.98 Å². The number of rotatable bonds is 2. The lowest BCUT2D eigenvalue weighted by Gasteiger charge is -2.39. The highest BCUT2D eigenvalue weighted by atomic mass is 16.2. The van der Waals surface area contributed by atoms with Crippen molar-refractivity contribution in [1.82, 2.24) is 20.6 Å². The van der Waals surface area contributed by atoms with Crippen LogP contribution in [0.3, 0.4) is 0 Å². The fourth-order valence-corrected chi connectivity index (χ4v) is 2.18. The normalized spacial score (nSPS) is 22.5. The van der Waals surface area contributed by atoms with Gasteiger partial charge < -0.3 is 10.6 Å². The molecule has 1 aliphatic rings. The maximum Gasteiger partial charge on any atom is 0.271 e. The molecule has 0 aliphatic carbocycles. The van der Waals surface area contributed by atoms with Gasteiger partial charge in [-0.1, -0.05) is 13.8 Å². The molecule has 18 heavy (non-hydrogen) atoms. The molecule has 1 aromatic rings. The van der Waals surface area contributed by atoms with Crippen LogP contribution in [-0.4, -0.2) is 35.0 Å². The molecule has 0 bridgehead atoms. The van der Waals surface area contributed by atoms with Crippen LogP contribution < -0.4 is 10.6 Å². The summed E-state index contributed by atoms with van der Waals surface area (Å²) in [6, 6.07) is 0.175. The fraction of sp³-hybridized carbons (Fsp3) is 0.615. The van der Waals surface area contributed by atoms with Gasteiger partial charge in [-0.3, -0.25) is 9.78 Å². The molecule has 1 amide bonds. The Bertz CT molecular complexity index is 427. The average Bonchev–Trinajstić information content (AvgIpc) is 2.32. The number of amides is 1. The lowest BCUT2D eigenvalue weighted by molar-refractivity contribution is 0.0863. The molecule has 0 saturated carbocycles. The lowest BCUT2D eigenvalue weighted by atomic mass is 9.80. The zero-order valence-corrected chi connectivity index (χ0v) is 11.2. The van der Waals surface area contributed by atoms with Crippen molar-refractivity contribution < 1.29 is 4.79 Å². The molecule has 1 fully saturated rings. The van der Waals surface area contributed by atoms with E-state index in [0.29, 0.717) is 5.69 Å². The molecule has 1 aromatic heterocycles. The molecule has 1 unspecified atom stereocenters. The summed E-state index contributed by atoms with van der Waals surface area (Å²) in [7, 11) is 0. The van der Waals surface area contributed by atoms with E-state index in [9.17, 15) is 4.79 Å². The Labute approximate surface area is 107 Å². The first kappa shape index (κ1) is 13.0. The Hall–Kier alpha value is -1.49. The zero-order valence-electron chi connectivity index (χ0n) is 11.2. The Morgan fingerprint density at radius 1 is 1.44 bits per heavy atom. The minimum atomic E-state index is -0.137. The molecular formula is C13H20N4O. The monoisotopic (exact) mass is 248 g/mol. The number of nitrogens with one attached hydrogen (secondary N) is 2. The molecular weight excluding hydrogens is 228 g/mol. The number of hydrogen-bond acceptors (Lipinski definition) is 4. The summed E-state index contributed by atoms with van der Waals surface area (Å²) in [5.41, 5.74) is 1.26. The molecule has 1 atom stereocenters. The molecule has 0 aromatic carbocycles. The van der Waals surface area contributed by atoms with Crippen LogP contribution in [0.25, 0.3) is 0 Å². The fourth-order valence-electron chi connectivity index (χ4n) is 2.18. The first-order valence-corrected chi connectivity index (χ1v) is 6.29. The third-order valence-electron chi connectivity index (χ3n) is 3.45. The summed E-state index contributed by atoms with van der Waals surface area (Å²) in [6.45, 7) is 8.02. The first-order valence-electron chi connectivity index (χ1n) is 6.29. The third kappa shape index (κ3) is 2.85. The number of carbonyl (C=O) groups is 1. The summed E-state index contributed by atoms with van der Waals surface area (Å²) in [5.74, 6) is -0.137. The van der Waals surface area contributed by atoms with Crippen LogP contribution in [0.5, 0.6) is 0 Å². The summed E-state index contributed by atoms with van der Waals surface area (Å²) >= 11 is 0. The zero-order chi connectivity index (χ0) is 13.2. The summed E-state index contributed by atoms with van der Waals surface area (Å²) in [6.07, 6.45) is 4.08. The number of nitrogens with zero attached hydrogens (tertiary/aromatic N) is 2. The van der Waals surface area contributed by atoms with Crippen molar-refractivity contribution in [2.75, 3.05) is 13.1 Å². The van der Waals surface area contributed by atoms with Gasteiger partial charge in [0.15, 0.2) is 0 Å². The van der Waals surface area contributed by atoms with Gasteiger partial charge in [-0.15, -0.1) is 0 Å². The van der Waals surface area contributed by atoms with Crippen molar-refractivity contribution in [3.63, 3.8) is 0 Å². The largest absolute Gasteiger partial charge is 0.347 e. The molecule has 5 heteroatoms. The quantitative estimate of drug-likeness (QED) is 0.816. The predicted molar refractivity (Wildman–Crippen MR) is 69.3 cm³/mol. The molecule has 1 saturated heterocycles. The highest BCUT2D eigenvalue weighted by Crippen LogP contribution is 2.25. The van der Waals surface area contributed by atoms with Crippen molar-refractivity contribution >= 4 is 5.91 Å². The van der Waals surface area contributed by atoms with Crippen molar-refractivity contribution in [2.45, 2.75) is 33.2 Å². The smallest absolute Gasteiger partial charge is 0.271 e. The van der Waals surface area contributed by atoms with Gasteiger partial charge in [0, 0.05) is 18.8 Å². The van der Waals surface area contributed by atoms with Gasteiger partial charge >= 0.3 is 0 Å². The van der Waals surface area contributed by atoms with Gasteiger partial charge in [0.05, 0.1) is 11.9 Å². The van der Waals surface area contributed by atoms with Crippen LogP contribution in [0.2, 0.25) is 0 Å². The van der Waals surface area contributed by atoms with Crippen LogP contribution >= 0.6 is 0 Å². The maximum absolute atomic E-state index is 12.1. The maximum atomic E-state index is 12.1. The molecule has 2 heterocycles. The Balaban J connectivity index is 2.04. The van der Waals surface area contributed by atoms with Crippen molar-refractivity contribution in [2.24, 2.45) is 5.41 Å². The third-order valence-corrected chi connectivity index (χ3v) is 3.45. The standard InChI is InChI=1S/C13H20N4O/c1-9-6-16-10(7-15-9)12(18)17-11-4-5-14-8-13(11,2)3/h6-7,11,14H,4-5,8H2,1-3H3,(H,17,18). The predicted octanol–water partition coefficient (Wildman–Crippen LogP) is 0.903. The van der Waals surface area contributed by atoms with E-state index >= 15 is 0 Å². The van der Waals surface area contributed by atoms with Gasteiger partial charge in [0.1, 0.15) is 5.69 Å². The summed E-state index contributed by atoms with van der Waals surface area (Å²) in [4.78, 5) is 20.3. The topological polar surface area (TPSA) is 66.9 Å². The highest BCUT2D eigenvalue weighted by Gasteiger charge is 2.33.